The molecular weight excluding hydrogens is 424 g/mol. The summed E-state index contributed by atoms with van der Waals surface area (Å²) < 4.78 is 25.9. The van der Waals surface area contributed by atoms with Crippen molar-refractivity contribution in [3.05, 3.63) is 48.0 Å². The molecule has 2 amide bonds. The highest BCUT2D eigenvalue weighted by Gasteiger charge is 2.27. The van der Waals surface area contributed by atoms with Gasteiger partial charge in [-0.15, -0.1) is 11.8 Å². The number of nitrogens with one attached hydrogen (secondary N) is 2. The maximum Gasteiger partial charge on any atom is 0.225 e. The summed E-state index contributed by atoms with van der Waals surface area (Å²) in [7, 11) is -3.77. The third-order valence-corrected chi connectivity index (χ3v) is 7.93. The smallest absolute Gasteiger partial charge is 0.225 e. The summed E-state index contributed by atoms with van der Waals surface area (Å²) in [6, 6.07) is 11.0. The van der Waals surface area contributed by atoms with Gasteiger partial charge in [-0.1, -0.05) is 0 Å². The summed E-state index contributed by atoms with van der Waals surface area (Å²) in [5.41, 5.74) is 1.49. The first kappa shape index (κ1) is 22.0. The van der Waals surface area contributed by atoms with E-state index >= 15 is 0 Å². The van der Waals surface area contributed by atoms with Gasteiger partial charge in [0.2, 0.25) is 11.8 Å². The first-order chi connectivity index (χ1) is 14.2. The van der Waals surface area contributed by atoms with Crippen LogP contribution in [-0.4, -0.2) is 37.0 Å². The van der Waals surface area contributed by atoms with Gasteiger partial charge in [-0.3, -0.25) is 14.4 Å². The number of carbonyl (C=O) groups is 3. The Balaban J connectivity index is 1.71. The second kappa shape index (κ2) is 9.01. The van der Waals surface area contributed by atoms with Crippen LogP contribution in [0.2, 0.25) is 0 Å². The van der Waals surface area contributed by atoms with E-state index in [0.29, 0.717) is 29.1 Å². The van der Waals surface area contributed by atoms with E-state index < -0.39 is 21.0 Å². The van der Waals surface area contributed by atoms with Crippen LogP contribution in [0.15, 0.2) is 52.3 Å². The Kier molecular flexibility index (Phi) is 6.62. The number of rotatable bonds is 6. The molecule has 2 N–H and O–H groups in total. The molecule has 1 atom stereocenters. The molecule has 30 heavy (non-hydrogen) atoms. The van der Waals surface area contributed by atoms with Crippen LogP contribution in [-0.2, 0) is 19.4 Å². The van der Waals surface area contributed by atoms with E-state index in [-0.39, 0.29) is 23.0 Å². The van der Waals surface area contributed by atoms with Gasteiger partial charge in [0.25, 0.3) is 0 Å². The van der Waals surface area contributed by atoms with Crippen LogP contribution in [0.3, 0.4) is 0 Å². The molecule has 0 bridgehead atoms. The number of amides is 2. The van der Waals surface area contributed by atoms with Gasteiger partial charge in [0.15, 0.2) is 15.6 Å². The summed E-state index contributed by atoms with van der Waals surface area (Å²) in [5, 5.41) is 4.43. The molecule has 1 aliphatic heterocycles. The van der Waals surface area contributed by atoms with E-state index in [4.69, 9.17) is 0 Å². The fourth-order valence-corrected chi connectivity index (χ4v) is 5.29. The van der Waals surface area contributed by atoms with Crippen molar-refractivity contribution < 1.29 is 22.8 Å². The van der Waals surface area contributed by atoms with Crippen LogP contribution in [0.25, 0.3) is 0 Å². The lowest BCUT2D eigenvalue weighted by Crippen LogP contribution is -2.25. The summed E-state index contributed by atoms with van der Waals surface area (Å²) in [4.78, 5) is 36.3. The lowest BCUT2D eigenvalue weighted by Gasteiger charge is -2.15. The molecular formula is C21H22N2O5S2. The molecule has 9 heteroatoms. The Hall–Kier alpha value is -2.65. The minimum absolute atomic E-state index is 0.0650. The number of sulfone groups is 1. The van der Waals surface area contributed by atoms with Crippen LogP contribution in [0.4, 0.5) is 11.4 Å². The number of Topliss-reactive ketones (excluding diaryl/α,β-unsaturated/α-hetero) is 1. The average Bonchev–Trinajstić information content (AvgIpc) is 2.88. The lowest BCUT2D eigenvalue weighted by atomic mass is 10.1. The van der Waals surface area contributed by atoms with Crippen molar-refractivity contribution >= 4 is 50.6 Å². The maximum atomic E-state index is 13.0. The Morgan fingerprint density at radius 1 is 1.17 bits per heavy atom. The van der Waals surface area contributed by atoms with Gasteiger partial charge in [0.1, 0.15) is 0 Å². The number of hydrogen-bond acceptors (Lipinski definition) is 6. The van der Waals surface area contributed by atoms with Crippen molar-refractivity contribution in [1.82, 2.24) is 0 Å². The molecule has 3 rings (SSSR count). The largest absolute Gasteiger partial charge is 0.326 e. The highest BCUT2D eigenvalue weighted by Crippen LogP contribution is 2.33. The van der Waals surface area contributed by atoms with Gasteiger partial charge >= 0.3 is 0 Å². The number of carbonyl (C=O) groups excluding carboxylic acids is 3. The predicted molar refractivity (Wildman–Crippen MR) is 117 cm³/mol. The van der Waals surface area contributed by atoms with Gasteiger partial charge in [-0.25, -0.2) is 8.42 Å². The van der Waals surface area contributed by atoms with Gasteiger partial charge in [-0.2, -0.15) is 0 Å². The molecule has 0 saturated heterocycles. The summed E-state index contributed by atoms with van der Waals surface area (Å²) in [6.45, 7) is 2.93. The second-order valence-electron chi connectivity index (χ2n) is 7.05. The average molecular weight is 447 g/mol. The van der Waals surface area contributed by atoms with Gasteiger partial charge < -0.3 is 10.6 Å². The van der Waals surface area contributed by atoms with Crippen LogP contribution < -0.4 is 10.6 Å². The highest BCUT2D eigenvalue weighted by atomic mass is 32.2. The van der Waals surface area contributed by atoms with E-state index in [1.54, 1.807) is 30.3 Å². The first-order valence-corrected chi connectivity index (χ1v) is 11.9. The molecule has 0 aromatic heterocycles. The Morgan fingerprint density at radius 2 is 1.87 bits per heavy atom. The molecule has 2 aromatic rings. The van der Waals surface area contributed by atoms with Crippen molar-refractivity contribution in [1.29, 1.82) is 0 Å². The Labute approximate surface area is 179 Å². The quantitative estimate of drug-likeness (QED) is 0.657. The fourth-order valence-electron chi connectivity index (χ4n) is 2.98. The minimum atomic E-state index is -3.77. The molecule has 158 valence electrons. The minimum Gasteiger partial charge on any atom is -0.326 e. The molecule has 0 spiro atoms. The highest BCUT2D eigenvalue weighted by molar-refractivity contribution is 7.99. The molecule has 0 radical (unpaired) electrons. The molecule has 1 aliphatic rings. The first-order valence-electron chi connectivity index (χ1n) is 9.38. The molecule has 1 heterocycles. The molecule has 0 fully saturated rings. The summed E-state index contributed by atoms with van der Waals surface area (Å²) in [6.07, 6.45) is 0.139. The summed E-state index contributed by atoms with van der Waals surface area (Å²) in [5.74, 6) is -0.0447. The number of ketones is 1. The van der Waals surface area contributed by atoms with E-state index in [2.05, 4.69) is 10.6 Å². The monoisotopic (exact) mass is 446 g/mol. The van der Waals surface area contributed by atoms with Crippen LogP contribution in [0.1, 0.15) is 37.0 Å². The zero-order chi connectivity index (χ0) is 21.9. The van der Waals surface area contributed by atoms with Crippen molar-refractivity contribution in [2.45, 2.75) is 41.7 Å². The van der Waals surface area contributed by atoms with Crippen molar-refractivity contribution in [2.75, 3.05) is 16.4 Å². The lowest BCUT2D eigenvalue weighted by molar-refractivity contribution is -0.116. The summed E-state index contributed by atoms with van der Waals surface area (Å²) >= 11 is 1.49. The number of fused-ring (bicyclic) bond motifs is 1. The maximum absolute atomic E-state index is 13.0. The van der Waals surface area contributed by atoms with E-state index in [1.807, 2.05) is 0 Å². The Bertz CT molecular complexity index is 1090. The molecule has 2 aromatic carbocycles. The SMILES string of the molecule is CC(=O)c1ccc(NC(=O)C[C@@H](C)S(=O)(=O)c2ccc3c(c2)NC(=O)CCS3)cc1. The van der Waals surface area contributed by atoms with Crippen LogP contribution in [0.5, 0.6) is 0 Å². The van der Waals surface area contributed by atoms with Crippen molar-refractivity contribution in [3.8, 4) is 0 Å². The predicted octanol–water partition coefficient (Wildman–Crippen LogP) is 3.51. The van der Waals surface area contributed by atoms with Crippen molar-refractivity contribution in [3.63, 3.8) is 0 Å². The normalized spacial score (nSPS) is 14.8. The number of hydrogen-bond donors (Lipinski definition) is 2. The van der Waals surface area contributed by atoms with E-state index in [0.717, 1.165) is 4.90 Å². The zero-order valence-corrected chi connectivity index (χ0v) is 18.2. The van der Waals surface area contributed by atoms with Crippen molar-refractivity contribution in [2.24, 2.45) is 0 Å². The second-order valence-corrected chi connectivity index (χ2v) is 10.5. The molecule has 0 saturated carbocycles. The molecule has 0 unspecified atom stereocenters. The topological polar surface area (TPSA) is 109 Å². The third kappa shape index (κ3) is 5.09. The van der Waals surface area contributed by atoms with E-state index in [9.17, 15) is 22.8 Å². The van der Waals surface area contributed by atoms with Crippen LogP contribution in [0, 0.1) is 0 Å². The molecule has 0 aliphatic carbocycles. The van der Waals surface area contributed by atoms with E-state index in [1.165, 1.54) is 37.7 Å². The third-order valence-electron chi connectivity index (χ3n) is 4.72. The Morgan fingerprint density at radius 3 is 2.53 bits per heavy atom. The number of thioether (sulfide) groups is 1. The standard InChI is InChI=1S/C21H22N2O5S2/c1-13(11-21(26)22-16-5-3-15(4-6-16)14(2)24)30(27,28)17-7-8-19-18(12-17)23-20(25)9-10-29-19/h3-8,12-13H,9-11H2,1-2H3,(H,22,26)(H,23,25)/t13-/m1/s1. The van der Waals surface area contributed by atoms with Crippen LogP contribution >= 0.6 is 11.8 Å². The number of anilines is 2. The van der Waals surface area contributed by atoms with Gasteiger partial charge in [0, 0.05) is 34.7 Å². The zero-order valence-electron chi connectivity index (χ0n) is 16.6. The fraction of sp³-hybridized carbons (Fsp3) is 0.286. The van der Waals surface area contributed by atoms with Gasteiger partial charge in [-0.05, 0) is 56.3 Å². The number of benzene rings is 2. The van der Waals surface area contributed by atoms with Gasteiger partial charge in [0.05, 0.1) is 15.8 Å². The molecule has 7 nitrogen and oxygen atoms in total.